The maximum atomic E-state index is 12.3. The Morgan fingerprint density at radius 1 is 1.14 bits per heavy atom. The van der Waals surface area contributed by atoms with Crippen molar-refractivity contribution >= 4 is 17.2 Å². The van der Waals surface area contributed by atoms with Crippen molar-refractivity contribution in [3.8, 4) is 16.3 Å². The lowest BCUT2D eigenvalue weighted by Gasteiger charge is -2.14. The largest absolute Gasteiger partial charge is 0.481 e. The van der Waals surface area contributed by atoms with Crippen LogP contribution in [0.2, 0.25) is 0 Å². The minimum Gasteiger partial charge on any atom is -0.481 e. The predicted molar refractivity (Wildman–Crippen MR) is 115 cm³/mol. The Labute approximate surface area is 170 Å². The highest BCUT2D eigenvalue weighted by Gasteiger charge is 2.14. The number of rotatable bonds is 8. The second-order valence-corrected chi connectivity index (χ2v) is 7.67. The van der Waals surface area contributed by atoms with E-state index in [0.717, 1.165) is 22.7 Å². The number of nitrogens with one attached hydrogen (secondary N) is 1. The summed E-state index contributed by atoms with van der Waals surface area (Å²) in [5.74, 6) is 0.593. The van der Waals surface area contributed by atoms with Crippen LogP contribution < -0.4 is 10.1 Å². The molecule has 28 heavy (non-hydrogen) atoms. The van der Waals surface area contributed by atoms with Crippen molar-refractivity contribution in [2.75, 3.05) is 6.54 Å². The van der Waals surface area contributed by atoms with E-state index >= 15 is 0 Å². The topological polar surface area (TPSA) is 51.2 Å². The van der Waals surface area contributed by atoms with Crippen LogP contribution in [0.5, 0.6) is 5.75 Å². The van der Waals surface area contributed by atoms with Crippen molar-refractivity contribution < 1.29 is 9.53 Å². The van der Waals surface area contributed by atoms with Crippen LogP contribution in [0.15, 0.2) is 53.9 Å². The van der Waals surface area contributed by atoms with E-state index in [9.17, 15) is 4.79 Å². The van der Waals surface area contributed by atoms with Crippen LogP contribution in [-0.2, 0) is 17.6 Å². The number of hydrogen-bond donors (Lipinski definition) is 1. The van der Waals surface area contributed by atoms with E-state index in [1.54, 1.807) is 18.3 Å². The molecule has 0 aliphatic rings. The summed E-state index contributed by atoms with van der Waals surface area (Å²) in [7, 11) is 0. The van der Waals surface area contributed by atoms with Crippen LogP contribution in [-0.4, -0.2) is 23.5 Å². The van der Waals surface area contributed by atoms with Crippen LogP contribution in [0.3, 0.4) is 0 Å². The van der Waals surface area contributed by atoms with Gasteiger partial charge in [0, 0.05) is 23.9 Å². The Morgan fingerprint density at radius 2 is 1.86 bits per heavy atom. The van der Waals surface area contributed by atoms with Gasteiger partial charge in [-0.25, -0.2) is 4.98 Å². The minimum atomic E-state index is -0.536. The maximum Gasteiger partial charge on any atom is 0.260 e. The lowest BCUT2D eigenvalue weighted by Crippen LogP contribution is -2.37. The predicted octanol–water partition coefficient (Wildman–Crippen LogP) is 4.81. The van der Waals surface area contributed by atoms with Crippen LogP contribution in [0.1, 0.15) is 30.7 Å². The number of ether oxygens (including phenoxy) is 1. The fraction of sp³-hybridized carbons (Fsp3) is 0.304. The highest BCUT2D eigenvalue weighted by molar-refractivity contribution is 7.13. The monoisotopic (exact) mass is 394 g/mol. The van der Waals surface area contributed by atoms with Gasteiger partial charge in [0.1, 0.15) is 10.8 Å². The first-order valence-electron chi connectivity index (χ1n) is 9.60. The first-order chi connectivity index (χ1) is 13.5. The van der Waals surface area contributed by atoms with E-state index in [4.69, 9.17) is 4.74 Å². The molecule has 0 aliphatic carbocycles. The lowest BCUT2D eigenvalue weighted by molar-refractivity contribution is -0.127. The molecule has 0 saturated heterocycles. The zero-order valence-electron chi connectivity index (χ0n) is 16.6. The molecule has 0 saturated carbocycles. The molecule has 0 unspecified atom stereocenters. The summed E-state index contributed by atoms with van der Waals surface area (Å²) in [5, 5.41) is 5.99. The van der Waals surface area contributed by atoms with Crippen molar-refractivity contribution in [2.45, 2.75) is 39.7 Å². The third-order valence-corrected chi connectivity index (χ3v) is 5.48. The molecule has 1 atom stereocenters. The zero-order chi connectivity index (χ0) is 19.9. The number of thiazole rings is 1. The molecule has 1 aromatic heterocycles. The molecule has 3 rings (SSSR count). The number of aryl methyl sites for hydroxylation is 2. The molecule has 0 bridgehead atoms. The number of carbonyl (C=O) groups is 1. The molecule has 3 aromatic rings. The number of carbonyl (C=O) groups excluding carboxylic acids is 1. The fourth-order valence-electron chi connectivity index (χ4n) is 2.77. The van der Waals surface area contributed by atoms with E-state index in [1.165, 1.54) is 11.1 Å². The molecule has 1 amide bonds. The molecular weight excluding hydrogens is 368 g/mol. The van der Waals surface area contributed by atoms with Crippen LogP contribution >= 0.6 is 11.3 Å². The van der Waals surface area contributed by atoms with Gasteiger partial charge in [-0.3, -0.25) is 4.79 Å². The molecule has 0 radical (unpaired) electrons. The summed E-state index contributed by atoms with van der Waals surface area (Å²) in [6.45, 7) is 6.49. The van der Waals surface area contributed by atoms with Crippen molar-refractivity contribution in [3.63, 3.8) is 0 Å². The smallest absolute Gasteiger partial charge is 0.260 e. The van der Waals surface area contributed by atoms with E-state index in [1.807, 2.05) is 24.3 Å². The van der Waals surface area contributed by atoms with Crippen LogP contribution in [0.4, 0.5) is 0 Å². The third kappa shape index (κ3) is 5.42. The van der Waals surface area contributed by atoms with E-state index in [-0.39, 0.29) is 5.91 Å². The third-order valence-electron chi connectivity index (χ3n) is 4.54. The van der Waals surface area contributed by atoms with Crippen molar-refractivity contribution in [1.29, 1.82) is 0 Å². The van der Waals surface area contributed by atoms with Crippen LogP contribution in [0, 0.1) is 6.92 Å². The van der Waals surface area contributed by atoms with E-state index < -0.39 is 6.10 Å². The Bertz CT molecular complexity index is 901. The molecule has 146 valence electrons. The van der Waals surface area contributed by atoms with E-state index in [2.05, 4.69) is 53.8 Å². The fourth-order valence-corrected chi connectivity index (χ4v) is 3.63. The van der Waals surface area contributed by atoms with Gasteiger partial charge in [0.05, 0.1) is 5.69 Å². The second-order valence-electron chi connectivity index (χ2n) is 6.81. The summed E-state index contributed by atoms with van der Waals surface area (Å²) in [6.07, 6.45) is 1.15. The summed E-state index contributed by atoms with van der Waals surface area (Å²) in [5.41, 5.74) is 4.60. The van der Waals surface area contributed by atoms with Gasteiger partial charge in [-0.1, -0.05) is 48.9 Å². The normalized spacial score (nSPS) is 11.8. The summed E-state index contributed by atoms with van der Waals surface area (Å²) in [6, 6.07) is 16.2. The van der Waals surface area contributed by atoms with Crippen molar-refractivity contribution in [3.05, 3.63) is 70.7 Å². The lowest BCUT2D eigenvalue weighted by atomic mass is 10.2. The minimum absolute atomic E-state index is 0.117. The first-order valence-corrected chi connectivity index (χ1v) is 10.5. The van der Waals surface area contributed by atoms with Crippen molar-refractivity contribution in [1.82, 2.24) is 10.3 Å². The molecule has 4 nitrogen and oxygen atoms in total. The molecule has 0 aliphatic heterocycles. The summed E-state index contributed by atoms with van der Waals surface area (Å²) >= 11 is 1.63. The standard InChI is InChI=1S/C23H26N2O2S/c1-4-18-7-11-21(12-8-18)27-17(3)22(26)24-14-13-20-15-28-23(25-20)19-9-5-16(2)6-10-19/h5-12,15,17H,4,13-14H2,1-3H3,(H,24,26)/t17-/m1/s1. The Kier molecular flexibility index (Phi) is 6.82. The average molecular weight is 395 g/mol. The van der Waals surface area contributed by atoms with Crippen LogP contribution in [0.25, 0.3) is 10.6 Å². The van der Waals surface area contributed by atoms with Gasteiger partial charge in [-0.2, -0.15) is 0 Å². The SMILES string of the molecule is CCc1ccc(O[C@H](C)C(=O)NCCc2csc(-c3ccc(C)cc3)n2)cc1. The van der Waals surface area contributed by atoms with Gasteiger partial charge in [0.2, 0.25) is 0 Å². The number of aromatic nitrogens is 1. The summed E-state index contributed by atoms with van der Waals surface area (Å²) < 4.78 is 5.72. The Balaban J connectivity index is 1.46. The Hall–Kier alpha value is -2.66. The Morgan fingerprint density at radius 3 is 2.54 bits per heavy atom. The maximum absolute atomic E-state index is 12.3. The first kappa shape index (κ1) is 20.1. The van der Waals surface area contributed by atoms with E-state index in [0.29, 0.717) is 18.7 Å². The highest BCUT2D eigenvalue weighted by Crippen LogP contribution is 2.24. The van der Waals surface area contributed by atoms with Gasteiger partial charge in [0.25, 0.3) is 5.91 Å². The molecular formula is C23H26N2O2S. The molecule has 0 spiro atoms. The second kappa shape index (κ2) is 9.51. The van der Waals surface area contributed by atoms with Gasteiger partial charge in [0.15, 0.2) is 6.10 Å². The molecule has 0 fully saturated rings. The molecule has 1 N–H and O–H groups in total. The van der Waals surface area contributed by atoms with Gasteiger partial charge >= 0.3 is 0 Å². The summed E-state index contributed by atoms with van der Waals surface area (Å²) in [4.78, 5) is 16.9. The zero-order valence-corrected chi connectivity index (χ0v) is 17.4. The number of benzene rings is 2. The number of hydrogen-bond acceptors (Lipinski definition) is 4. The molecule has 5 heteroatoms. The number of nitrogens with zero attached hydrogens (tertiary/aromatic N) is 1. The van der Waals surface area contributed by atoms with Gasteiger partial charge < -0.3 is 10.1 Å². The average Bonchev–Trinajstić information content (AvgIpc) is 3.18. The molecule has 1 heterocycles. The quantitative estimate of drug-likeness (QED) is 0.597. The highest BCUT2D eigenvalue weighted by atomic mass is 32.1. The van der Waals surface area contributed by atoms with Crippen molar-refractivity contribution in [2.24, 2.45) is 0 Å². The molecule has 2 aromatic carbocycles. The number of amides is 1. The van der Waals surface area contributed by atoms with Gasteiger partial charge in [-0.15, -0.1) is 11.3 Å². The van der Waals surface area contributed by atoms with Gasteiger partial charge in [-0.05, 0) is 38.0 Å².